The lowest BCUT2D eigenvalue weighted by Crippen LogP contribution is -2.38. The number of rotatable bonds is 5. The fourth-order valence-corrected chi connectivity index (χ4v) is 1.59. The lowest BCUT2D eigenvalue weighted by Gasteiger charge is -2.17. The molecule has 1 unspecified atom stereocenters. The van der Waals surface area contributed by atoms with Crippen LogP contribution in [0.5, 0.6) is 0 Å². The summed E-state index contributed by atoms with van der Waals surface area (Å²) >= 11 is 5.56. The van der Waals surface area contributed by atoms with Crippen LogP contribution in [0.25, 0.3) is 0 Å². The molecule has 0 aliphatic rings. The molecule has 1 amide bonds. The highest BCUT2D eigenvalue weighted by Crippen LogP contribution is 2.13. The van der Waals surface area contributed by atoms with Gasteiger partial charge in [0.15, 0.2) is 11.0 Å². The van der Waals surface area contributed by atoms with Crippen LogP contribution < -0.4 is 5.32 Å². The monoisotopic (exact) mass is 245 g/mol. The summed E-state index contributed by atoms with van der Waals surface area (Å²) in [5.74, 6) is 0.205. The van der Waals surface area contributed by atoms with Crippen molar-refractivity contribution in [3.05, 3.63) is 23.1 Å². The van der Waals surface area contributed by atoms with Crippen molar-refractivity contribution in [2.45, 2.75) is 26.3 Å². The van der Waals surface area contributed by atoms with E-state index in [9.17, 15) is 4.79 Å². The molecule has 90 valence electrons. The Morgan fingerprint density at radius 1 is 1.56 bits per heavy atom. The Morgan fingerprint density at radius 2 is 2.25 bits per heavy atom. The van der Waals surface area contributed by atoms with Crippen LogP contribution in [0.2, 0.25) is 5.22 Å². The van der Waals surface area contributed by atoms with Crippen LogP contribution in [0, 0.1) is 5.92 Å². The van der Waals surface area contributed by atoms with E-state index >= 15 is 0 Å². The zero-order valence-electron chi connectivity index (χ0n) is 9.37. The lowest BCUT2D eigenvalue weighted by molar-refractivity contribution is 0.0880. The van der Waals surface area contributed by atoms with E-state index in [0.29, 0.717) is 5.92 Å². The van der Waals surface area contributed by atoms with Crippen LogP contribution in [0.4, 0.5) is 0 Å². The van der Waals surface area contributed by atoms with E-state index < -0.39 is 0 Å². The van der Waals surface area contributed by atoms with E-state index in [-0.39, 0.29) is 29.5 Å². The van der Waals surface area contributed by atoms with Gasteiger partial charge in [-0.1, -0.05) is 13.8 Å². The van der Waals surface area contributed by atoms with Crippen LogP contribution in [-0.4, -0.2) is 23.7 Å². The second kappa shape index (κ2) is 5.92. The van der Waals surface area contributed by atoms with Gasteiger partial charge in [0.1, 0.15) is 0 Å². The van der Waals surface area contributed by atoms with Crippen LogP contribution in [0.1, 0.15) is 30.8 Å². The number of hydrogen-bond acceptors (Lipinski definition) is 3. The van der Waals surface area contributed by atoms with Crippen LogP contribution in [-0.2, 0) is 0 Å². The van der Waals surface area contributed by atoms with Crippen molar-refractivity contribution in [2.24, 2.45) is 5.92 Å². The van der Waals surface area contributed by atoms with E-state index in [4.69, 9.17) is 21.1 Å². The lowest BCUT2D eigenvalue weighted by atomic mass is 10.0. The van der Waals surface area contributed by atoms with Gasteiger partial charge in [0.25, 0.3) is 5.91 Å². The fourth-order valence-electron chi connectivity index (χ4n) is 1.44. The Balaban J connectivity index is 2.55. The molecule has 1 heterocycles. The largest absolute Gasteiger partial charge is 0.440 e. The van der Waals surface area contributed by atoms with Gasteiger partial charge in [-0.05, 0) is 36.1 Å². The van der Waals surface area contributed by atoms with Gasteiger partial charge < -0.3 is 14.8 Å². The van der Waals surface area contributed by atoms with Gasteiger partial charge in [-0.3, -0.25) is 4.79 Å². The standard InChI is InChI=1S/C11H16ClNO3/c1-7(2)5-8(6-14)13-11(15)9-3-4-10(12)16-9/h3-4,7-8,14H,5-6H2,1-2H3,(H,13,15). The Bertz CT molecular complexity index is 349. The fraction of sp³-hybridized carbons (Fsp3) is 0.545. The third-order valence-electron chi connectivity index (χ3n) is 2.11. The highest BCUT2D eigenvalue weighted by Gasteiger charge is 2.16. The van der Waals surface area contributed by atoms with Crippen LogP contribution in [0.15, 0.2) is 16.5 Å². The molecule has 1 aromatic heterocycles. The summed E-state index contributed by atoms with van der Waals surface area (Å²) in [4.78, 5) is 11.6. The van der Waals surface area contributed by atoms with Gasteiger partial charge >= 0.3 is 0 Å². The molecule has 0 fully saturated rings. The molecule has 1 rings (SSSR count). The van der Waals surface area contributed by atoms with Gasteiger partial charge in [0.05, 0.1) is 12.6 Å². The molecule has 0 aliphatic carbocycles. The minimum atomic E-state index is -0.355. The molecule has 16 heavy (non-hydrogen) atoms. The maximum atomic E-state index is 11.6. The highest BCUT2D eigenvalue weighted by atomic mass is 35.5. The Morgan fingerprint density at radius 3 is 2.69 bits per heavy atom. The normalized spacial score (nSPS) is 12.8. The third-order valence-corrected chi connectivity index (χ3v) is 2.31. The summed E-state index contributed by atoms with van der Waals surface area (Å²) in [6, 6.07) is 2.75. The zero-order valence-corrected chi connectivity index (χ0v) is 10.1. The van der Waals surface area contributed by atoms with Gasteiger partial charge in [-0.25, -0.2) is 0 Å². The number of nitrogens with one attached hydrogen (secondary N) is 1. The molecule has 0 radical (unpaired) electrons. The van der Waals surface area contributed by atoms with Crippen LogP contribution >= 0.6 is 11.6 Å². The summed E-state index contributed by atoms with van der Waals surface area (Å²) in [5.41, 5.74) is 0. The highest BCUT2D eigenvalue weighted by molar-refractivity contribution is 6.29. The van der Waals surface area contributed by atoms with E-state index in [2.05, 4.69) is 5.32 Å². The number of hydrogen-bond donors (Lipinski definition) is 2. The van der Waals surface area contributed by atoms with Gasteiger partial charge in [0.2, 0.25) is 0 Å². The Kier molecular flexibility index (Phi) is 4.83. The van der Waals surface area contributed by atoms with Crippen molar-refractivity contribution < 1.29 is 14.3 Å². The minimum absolute atomic E-state index is 0.0850. The molecule has 0 spiro atoms. The van der Waals surface area contributed by atoms with Crippen molar-refractivity contribution in [1.82, 2.24) is 5.32 Å². The summed E-state index contributed by atoms with van der Waals surface area (Å²) in [6.07, 6.45) is 0.719. The maximum Gasteiger partial charge on any atom is 0.287 e. The first-order chi connectivity index (χ1) is 7.52. The molecule has 4 nitrogen and oxygen atoms in total. The van der Waals surface area contributed by atoms with Gasteiger partial charge in [0, 0.05) is 0 Å². The second-order valence-corrected chi connectivity index (χ2v) is 4.46. The van der Waals surface area contributed by atoms with Crippen molar-refractivity contribution in [3.63, 3.8) is 0 Å². The smallest absolute Gasteiger partial charge is 0.287 e. The quantitative estimate of drug-likeness (QED) is 0.835. The topological polar surface area (TPSA) is 62.5 Å². The van der Waals surface area contributed by atoms with Crippen molar-refractivity contribution in [3.8, 4) is 0 Å². The molecule has 0 aliphatic heterocycles. The number of carbonyl (C=O) groups is 1. The first-order valence-corrected chi connectivity index (χ1v) is 5.57. The van der Waals surface area contributed by atoms with E-state index in [1.165, 1.54) is 12.1 Å². The molecule has 2 N–H and O–H groups in total. The van der Waals surface area contributed by atoms with Gasteiger partial charge in [-0.2, -0.15) is 0 Å². The minimum Gasteiger partial charge on any atom is -0.440 e. The van der Waals surface area contributed by atoms with E-state index in [1.54, 1.807) is 0 Å². The number of aliphatic hydroxyl groups is 1. The predicted molar refractivity (Wildman–Crippen MR) is 61.5 cm³/mol. The summed E-state index contributed by atoms with van der Waals surface area (Å²) in [7, 11) is 0. The second-order valence-electron chi connectivity index (χ2n) is 4.09. The summed E-state index contributed by atoms with van der Waals surface area (Å²) in [6.45, 7) is 3.97. The average molecular weight is 246 g/mol. The Labute approximate surface area is 99.6 Å². The number of furan rings is 1. The van der Waals surface area contributed by atoms with Crippen LogP contribution in [0.3, 0.4) is 0 Å². The molecular formula is C11H16ClNO3. The van der Waals surface area contributed by atoms with E-state index in [1.807, 2.05) is 13.8 Å². The molecule has 0 bridgehead atoms. The number of aliphatic hydroxyl groups excluding tert-OH is 1. The number of carbonyl (C=O) groups excluding carboxylic acids is 1. The first-order valence-electron chi connectivity index (χ1n) is 5.20. The van der Waals surface area contributed by atoms with Crippen molar-refractivity contribution >= 4 is 17.5 Å². The van der Waals surface area contributed by atoms with Crippen molar-refractivity contribution in [1.29, 1.82) is 0 Å². The third kappa shape index (κ3) is 3.87. The van der Waals surface area contributed by atoms with Crippen molar-refractivity contribution in [2.75, 3.05) is 6.61 Å². The molecular weight excluding hydrogens is 230 g/mol. The van der Waals surface area contributed by atoms with Gasteiger partial charge in [-0.15, -0.1) is 0 Å². The van der Waals surface area contributed by atoms with E-state index in [0.717, 1.165) is 6.42 Å². The number of halogens is 1. The maximum absolute atomic E-state index is 11.6. The summed E-state index contributed by atoms with van der Waals surface area (Å²) in [5, 5.41) is 12.0. The molecule has 1 atom stereocenters. The SMILES string of the molecule is CC(C)CC(CO)NC(=O)c1ccc(Cl)o1. The molecule has 0 saturated carbocycles. The Hall–Kier alpha value is -1.00. The zero-order chi connectivity index (χ0) is 12.1. The predicted octanol–water partition coefficient (Wildman–Crippen LogP) is 2.07. The molecule has 5 heteroatoms. The molecule has 0 aromatic carbocycles. The number of amides is 1. The molecule has 0 saturated heterocycles. The molecule has 1 aromatic rings. The first kappa shape index (κ1) is 13.1. The summed E-state index contributed by atoms with van der Waals surface area (Å²) < 4.78 is 4.97. The average Bonchev–Trinajstić information content (AvgIpc) is 2.63.